The first kappa shape index (κ1) is 11.2. The van der Waals surface area contributed by atoms with Crippen LogP contribution in [0.3, 0.4) is 0 Å². The number of hydrogen-bond donors (Lipinski definition) is 1. The molecule has 2 aromatic carbocycles. The normalized spacial score (nSPS) is 10.7. The van der Waals surface area contributed by atoms with Gasteiger partial charge in [0, 0.05) is 26.9 Å². The van der Waals surface area contributed by atoms with Gasteiger partial charge in [0.2, 0.25) is 0 Å². The highest BCUT2D eigenvalue weighted by Crippen LogP contribution is 2.34. The van der Waals surface area contributed by atoms with Crippen molar-refractivity contribution < 1.29 is 4.74 Å². The Kier molecular flexibility index (Phi) is 2.99. The summed E-state index contributed by atoms with van der Waals surface area (Å²) < 4.78 is 5.27. The van der Waals surface area contributed by atoms with E-state index in [1.807, 2.05) is 24.4 Å². The summed E-state index contributed by atoms with van der Waals surface area (Å²) in [6.07, 6.45) is 2.04. The highest BCUT2D eigenvalue weighted by Gasteiger charge is 2.06. The van der Waals surface area contributed by atoms with Crippen molar-refractivity contribution in [2.24, 2.45) is 0 Å². The first-order valence-electron chi connectivity index (χ1n) is 5.75. The Balaban J connectivity index is 2.01. The summed E-state index contributed by atoms with van der Waals surface area (Å²) in [5.41, 5.74) is 1.13. The molecule has 1 N–H and O–H groups in total. The summed E-state index contributed by atoms with van der Waals surface area (Å²) in [5.74, 6) is 0.886. The Morgan fingerprint density at radius 2 is 1.89 bits per heavy atom. The highest BCUT2D eigenvalue weighted by atomic mass is 32.2. The second-order valence-electron chi connectivity index (χ2n) is 3.98. The number of ether oxygens (including phenoxy) is 1. The van der Waals surface area contributed by atoms with E-state index in [0.717, 1.165) is 11.3 Å². The van der Waals surface area contributed by atoms with Gasteiger partial charge in [0.05, 0.1) is 7.11 Å². The lowest BCUT2D eigenvalue weighted by molar-refractivity contribution is 0.415. The molecule has 0 bridgehead atoms. The maximum atomic E-state index is 5.27. The van der Waals surface area contributed by atoms with E-state index in [1.54, 1.807) is 18.9 Å². The van der Waals surface area contributed by atoms with Crippen molar-refractivity contribution in [3.05, 3.63) is 54.7 Å². The average Bonchev–Trinajstić information content (AvgIpc) is 2.82. The summed E-state index contributed by atoms with van der Waals surface area (Å²) >= 11 is 1.76. The third kappa shape index (κ3) is 2.09. The molecule has 0 fully saturated rings. The van der Waals surface area contributed by atoms with Crippen molar-refractivity contribution in [3.63, 3.8) is 0 Å². The molecule has 1 heterocycles. The van der Waals surface area contributed by atoms with E-state index in [9.17, 15) is 0 Å². The molecule has 0 amide bonds. The van der Waals surface area contributed by atoms with Crippen LogP contribution in [-0.2, 0) is 0 Å². The Labute approximate surface area is 110 Å². The quantitative estimate of drug-likeness (QED) is 0.753. The van der Waals surface area contributed by atoms with E-state index in [-0.39, 0.29) is 0 Å². The van der Waals surface area contributed by atoms with Gasteiger partial charge in [0.25, 0.3) is 0 Å². The number of H-pyrrole nitrogens is 1. The molecule has 90 valence electrons. The molecule has 0 spiro atoms. The number of rotatable bonds is 3. The van der Waals surface area contributed by atoms with Gasteiger partial charge in [-0.05, 0) is 30.3 Å². The molecule has 0 atom stereocenters. The van der Waals surface area contributed by atoms with Crippen LogP contribution in [0, 0.1) is 0 Å². The summed E-state index contributed by atoms with van der Waals surface area (Å²) in [6, 6.07) is 16.4. The zero-order valence-corrected chi connectivity index (χ0v) is 10.8. The largest absolute Gasteiger partial charge is 0.497 e. The number of aromatic amines is 1. The number of fused-ring (bicyclic) bond motifs is 1. The molecule has 0 saturated heterocycles. The third-order valence-electron chi connectivity index (χ3n) is 2.82. The number of aromatic nitrogens is 1. The predicted octanol–water partition coefficient (Wildman–Crippen LogP) is 4.33. The van der Waals surface area contributed by atoms with Crippen molar-refractivity contribution in [1.29, 1.82) is 0 Å². The predicted molar refractivity (Wildman–Crippen MR) is 75.4 cm³/mol. The summed E-state index contributed by atoms with van der Waals surface area (Å²) in [6.45, 7) is 0. The van der Waals surface area contributed by atoms with E-state index in [4.69, 9.17) is 4.74 Å². The molecule has 1 aromatic heterocycles. The third-order valence-corrected chi connectivity index (χ3v) is 3.89. The van der Waals surface area contributed by atoms with Crippen LogP contribution in [0.25, 0.3) is 10.9 Å². The lowest BCUT2D eigenvalue weighted by Crippen LogP contribution is -1.81. The standard InChI is InChI=1S/C15H13NOS/c1-17-11-7-8-14-13(9-11)15(10-16-14)18-12-5-3-2-4-6-12/h2-10,16H,1H3. The van der Waals surface area contributed by atoms with Gasteiger partial charge in [-0.3, -0.25) is 0 Å². The van der Waals surface area contributed by atoms with Gasteiger partial charge in [0.15, 0.2) is 0 Å². The maximum absolute atomic E-state index is 5.27. The number of benzene rings is 2. The van der Waals surface area contributed by atoms with E-state index in [2.05, 4.69) is 35.3 Å². The van der Waals surface area contributed by atoms with Gasteiger partial charge >= 0.3 is 0 Å². The summed E-state index contributed by atoms with van der Waals surface area (Å²) in [7, 11) is 1.69. The van der Waals surface area contributed by atoms with E-state index in [1.165, 1.54) is 15.2 Å². The number of nitrogens with one attached hydrogen (secondary N) is 1. The minimum absolute atomic E-state index is 0.886. The first-order chi connectivity index (χ1) is 8.86. The molecule has 0 aliphatic heterocycles. The smallest absolute Gasteiger partial charge is 0.119 e. The van der Waals surface area contributed by atoms with Crippen molar-refractivity contribution >= 4 is 22.7 Å². The van der Waals surface area contributed by atoms with Crippen molar-refractivity contribution in [2.45, 2.75) is 9.79 Å². The molecule has 2 nitrogen and oxygen atoms in total. The van der Waals surface area contributed by atoms with Gasteiger partial charge < -0.3 is 9.72 Å². The SMILES string of the molecule is COc1ccc2[nH]cc(Sc3ccccc3)c2c1. The molecule has 0 aliphatic rings. The summed E-state index contributed by atoms with van der Waals surface area (Å²) in [4.78, 5) is 5.74. The van der Waals surface area contributed by atoms with Crippen LogP contribution in [0.4, 0.5) is 0 Å². The molecule has 18 heavy (non-hydrogen) atoms. The van der Waals surface area contributed by atoms with Crippen molar-refractivity contribution in [2.75, 3.05) is 7.11 Å². The van der Waals surface area contributed by atoms with Gasteiger partial charge in [-0.25, -0.2) is 0 Å². The zero-order chi connectivity index (χ0) is 12.4. The van der Waals surface area contributed by atoms with Crippen LogP contribution in [0.1, 0.15) is 0 Å². The van der Waals surface area contributed by atoms with Crippen molar-refractivity contribution in [3.8, 4) is 5.75 Å². The van der Waals surface area contributed by atoms with E-state index < -0.39 is 0 Å². The van der Waals surface area contributed by atoms with Crippen LogP contribution in [0.2, 0.25) is 0 Å². The molecule has 0 unspecified atom stereocenters. The van der Waals surface area contributed by atoms with Crippen LogP contribution in [0.5, 0.6) is 5.75 Å². The minimum atomic E-state index is 0.886. The molecule has 3 heteroatoms. The van der Waals surface area contributed by atoms with Crippen molar-refractivity contribution in [1.82, 2.24) is 4.98 Å². The molecule has 3 aromatic rings. The number of methoxy groups -OCH3 is 1. The number of hydrogen-bond acceptors (Lipinski definition) is 2. The summed E-state index contributed by atoms with van der Waals surface area (Å²) in [5, 5.41) is 1.20. The monoisotopic (exact) mass is 255 g/mol. The van der Waals surface area contributed by atoms with Crippen LogP contribution >= 0.6 is 11.8 Å². The Morgan fingerprint density at radius 3 is 2.67 bits per heavy atom. The molecule has 0 aliphatic carbocycles. The Morgan fingerprint density at radius 1 is 1.06 bits per heavy atom. The molecular formula is C15H13NOS. The fourth-order valence-electron chi connectivity index (χ4n) is 1.90. The second kappa shape index (κ2) is 4.78. The molecular weight excluding hydrogens is 242 g/mol. The van der Waals surface area contributed by atoms with Gasteiger partial charge in [-0.1, -0.05) is 30.0 Å². The van der Waals surface area contributed by atoms with Gasteiger partial charge in [0.1, 0.15) is 5.75 Å². The Hall–Kier alpha value is -1.87. The van der Waals surface area contributed by atoms with Crippen LogP contribution in [0.15, 0.2) is 64.5 Å². The average molecular weight is 255 g/mol. The van der Waals surface area contributed by atoms with Gasteiger partial charge in [-0.15, -0.1) is 0 Å². The lowest BCUT2D eigenvalue weighted by Gasteiger charge is -2.02. The van der Waals surface area contributed by atoms with Crippen LogP contribution in [-0.4, -0.2) is 12.1 Å². The van der Waals surface area contributed by atoms with Crippen LogP contribution < -0.4 is 4.74 Å². The van der Waals surface area contributed by atoms with E-state index >= 15 is 0 Å². The first-order valence-corrected chi connectivity index (χ1v) is 6.56. The molecule has 3 rings (SSSR count). The lowest BCUT2D eigenvalue weighted by atomic mass is 10.2. The second-order valence-corrected chi connectivity index (χ2v) is 5.09. The minimum Gasteiger partial charge on any atom is -0.497 e. The zero-order valence-electron chi connectivity index (χ0n) is 10.0. The van der Waals surface area contributed by atoms with E-state index in [0.29, 0.717) is 0 Å². The fourth-order valence-corrected chi connectivity index (χ4v) is 2.84. The maximum Gasteiger partial charge on any atom is 0.119 e. The molecule has 0 saturated carbocycles. The Bertz CT molecular complexity index is 661. The topological polar surface area (TPSA) is 25.0 Å². The highest BCUT2D eigenvalue weighted by molar-refractivity contribution is 7.99. The molecule has 0 radical (unpaired) electrons. The van der Waals surface area contributed by atoms with Gasteiger partial charge in [-0.2, -0.15) is 0 Å². The fraction of sp³-hybridized carbons (Fsp3) is 0.0667.